The highest BCUT2D eigenvalue weighted by molar-refractivity contribution is 7.89. The van der Waals surface area contributed by atoms with E-state index in [9.17, 15) is 18.0 Å². The van der Waals surface area contributed by atoms with Crippen molar-refractivity contribution in [2.75, 3.05) is 18.0 Å². The first-order valence-corrected chi connectivity index (χ1v) is 10.1. The van der Waals surface area contributed by atoms with Gasteiger partial charge in [-0.3, -0.25) is 4.79 Å². The van der Waals surface area contributed by atoms with E-state index < -0.39 is 22.1 Å². The number of amides is 3. The van der Waals surface area contributed by atoms with Gasteiger partial charge in [-0.15, -0.1) is 0 Å². The number of nitrogens with one attached hydrogen (secondary N) is 1. The molecule has 0 aromatic heterocycles. The number of hydrogen-bond acceptors (Lipinski definition) is 4. The molecule has 7 nitrogen and oxygen atoms in total. The average molecular weight is 385 g/mol. The predicted molar refractivity (Wildman–Crippen MR) is 99.8 cm³/mol. The number of benzene rings is 2. The van der Waals surface area contributed by atoms with Gasteiger partial charge in [0.2, 0.25) is 5.91 Å². The van der Waals surface area contributed by atoms with E-state index in [1.807, 2.05) is 18.2 Å². The Bertz CT molecular complexity index is 1020. The molecule has 2 aromatic rings. The Kier molecular flexibility index (Phi) is 4.15. The highest BCUT2D eigenvalue weighted by Crippen LogP contribution is 2.34. The Labute approximate surface area is 157 Å². The fraction of sp³-hybridized carbons (Fsp3) is 0.263. The summed E-state index contributed by atoms with van der Waals surface area (Å²) >= 11 is 0. The Morgan fingerprint density at radius 3 is 2.59 bits per heavy atom. The van der Waals surface area contributed by atoms with Crippen LogP contribution in [0.5, 0.6) is 0 Å². The van der Waals surface area contributed by atoms with Crippen molar-refractivity contribution >= 4 is 27.6 Å². The van der Waals surface area contributed by atoms with Gasteiger partial charge in [-0.25, -0.2) is 17.5 Å². The van der Waals surface area contributed by atoms with Gasteiger partial charge in [0.1, 0.15) is 0 Å². The lowest BCUT2D eigenvalue weighted by molar-refractivity contribution is -0.116. The van der Waals surface area contributed by atoms with E-state index in [1.54, 1.807) is 29.2 Å². The van der Waals surface area contributed by atoms with Crippen molar-refractivity contribution in [1.29, 1.82) is 0 Å². The van der Waals surface area contributed by atoms with Gasteiger partial charge >= 0.3 is 6.03 Å². The molecule has 1 unspecified atom stereocenters. The summed E-state index contributed by atoms with van der Waals surface area (Å²) in [6, 6.07) is 12.5. The highest BCUT2D eigenvalue weighted by atomic mass is 32.2. The molecule has 2 aliphatic rings. The molecule has 1 N–H and O–H groups in total. The van der Waals surface area contributed by atoms with E-state index in [0.717, 1.165) is 21.1 Å². The van der Waals surface area contributed by atoms with Crippen LogP contribution >= 0.6 is 0 Å². The van der Waals surface area contributed by atoms with E-state index in [0.29, 0.717) is 13.0 Å². The second-order valence-corrected chi connectivity index (χ2v) is 8.44. The molecule has 27 heavy (non-hydrogen) atoms. The summed E-state index contributed by atoms with van der Waals surface area (Å²) in [5, 5.41) is 2.62. The van der Waals surface area contributed by atoms with Gasteiger partial charge < -0.3 is 10.2 Å². The summed E-state index contributed by atoms with van der Waals surface area (Å²) in [4.78, 5) is 25.7. The third kappa shape index (κ3) is 2.86. The predicted octanol–water partition coefficient (Wildman–Crippen LogP) is 2.05. The summed E-state index contributed by atoms with van der Waals surface area (Å²) in [7, 11) is -4.03. The van der Waals surface area contributed by atoms with Crippen LogP contribution in [-0.2, 0) is 21.2 Å². The fourth-order valence-corrected chi connectivity index (χ4v) is 5.24. The standard InChI is InChI=1S/C19H19N3O4S/c1-13(23)21-10-9-15-11-16(7-8-17(15)21)27(25,26)22-18(12-20-19(22)24)14-5-3-2-4-6-14/h2-8,11,18H,9-10,12H2,1H3,(H,20,24). The maximum absolute atomic E-state index is 13.2. The van der Waals surface area contributed by atoms with Crippen LogP contribution in [0.2, 0.25) is 0 Å². The number of rotatable bonds is 3. The van der Waals surface area contributed by atoms with Crippen molar-refractivity contribution < 1.29 is 18.0 Å². The van der Waals surface area contributed by atoms with Crippen LogP contribution in [0.4, 0.5) is 10.5 Å². The van der Waals surface area contributed by atoms with Gasteiger partial charge in [-0.05, 0) is 35.7 Å². The van der Waals surface area contributed by atoms with Crippen molar-refractivity contribution in [3.05, 3.63) is 59.7 Å². The molecular weight excluding hydrogens is 366 g/mol. The van der Waals surface area contributed by atoms with Crippen molar-refractivity contribution in [2.45, 2.75) is 24.3 Å². The highest BCUT2D eigenvalue weighted by Gasteiger charge is 2.41. The number of nitrogens with zero attached hydrogens (tertiary/aromatic N) is 2. The first-order chi connectivity index (χ1) is 12.9. The minimum Gasteiger partial charge on any atom is -0.335 e. The van der Waals surface area contributed by atoms with E-state index in [-0.39, 0.29) is 17.3 Å². The number of fused-ring (bicyclic) bond motifs is 1. The van der Waals surface area contributed by atoms with Gasteiger partial charge in [-0.2, -0.15) is 0 Å². The maximum atomic E-state index is 13.2. The Balaban J connectivity index is 1.73. The number of sulfonamides is 1. The summed E-state index contributed by atoms with van der Waals surface area (Å²) in [5.41, 5.74) is 2.28. The van der Waals surface area contributed by atoms with Crippen LogP contribution in [0.15, 0.2) is 53.4 Å². The molecule has 0 aliphatic carbocycles. The lowest BCUT2D eigenvalue weighted by Crippen LogP contribution is -2.36. The lowest BCUT2D eigenvalue weighted by atomic mass is 10.1. The summed E-state index contributed by atoms with van der Waals surface area (Å²) in [6.07, 6.45) is 0.590. The molecule has 140 valence electrons. The number of hydrogen-bond donors (Lipinski definition) is 1. The van der Waals surface area contributed by atoms with Gasteiger partial charge in [0.15, 0.2) is 0 Å². The molecule has 0 bridgehead atoms. The molecule has 1 atom stereocenters. The number of carbonyl (C=O) groups is 2. The third-order valence-corrected chi connectivity index (χ3v) is 6.79. The van der Waals surface area contributed by atoms with E-state index >= 15 is 0 Å². The van der Waals surface area contributed by atoms with Gasteiger partial charge in [0.25, 0.3) is 10.0 Å². The normalized spacial score (nSPS) is 19.1. The second kappa shape index (κ2) is 6.38. The van der Waals surface area contributed by atoms with Crippen LogP contribution in [0.3, 0.4) is 0 Å². The molecule has 1 fully saturated rings. The van der Waals surface area contributed by atoms with Crippen LogP contribution < -0.4 is 10.2 Å². The molecule has 2 aromatic carbocycles. The minimum atomic E-state index is -4.03. The topological polar surface area (TPSA) is 86.8 Å². The average Bonchev–Trinajstić information content (AvgIpc) is 3.25. The van der Waals surface area contributed by atoms with E-state index in [4.69, 9.17) is 0 Å². The summed E-state index contributed by atoms with van der Waals surface area (Å²) in [6.45, 7) is 2.24. The van der Waals surface area contributed by atoms with Gasteiger partial charge in [0.05, 0.1) is 10.9 Å². The van der Waals surface area contributed by atoms with Crippen molar-refractivity contribution in [3.63, 3.8) is 0 Å². The number of carbonyl (C=O) groups excluding carboxylic acids is 2. The monoisotopic (exact) mass is 385 g/mol. The lowest BCUT2D eigenvalue weighted by Gasteiger charge is -2.23. The number of urea groups is 1. The van der Waals surface area contributed by atoms with Crippen LogP contribution in [0.1, 0.15) is 24.1 Å². The largest absolute Gasteiger partial charge is 0.335 e. The van der Waals surface area contributed by atoms with Gasteiger partial charge in [0, 0.05) is 25.7 Å². The molecule has 0 radical (unpaired) electrons. The molecule has 4 rings (SSSR count). The first kappa shape index (κ1) is 17.5. The summed E-state index contributed by atoms with van der Waals surface area (Å²) < 4.78 is 27.4. The van der Waals surface area contributed by atoms with Gasteiger partial charge in [-0.1, -0.05) is 30.3 Å². The van der Waals surface area contributed by atoms with E-state index in [1.165, 1.54) is 13.0 Å². The third-order valence-electron chi connectivity index (χ3n) is 5.00. The molecule has 0 saturated carbocycles. The zero-order valence-corrected chi connectivity index (χ0v) is 15.6. The SMILES string of the molecule is CC(=O)N1CCc2cc(S(=O)(=O)N3C(=O)NCC3c3ccccc3)ccc21. The van der Waals surface area contributed by atoms with E-state index in [2.05, 4.69) is 5.32 Å². The summed E-state index contributed by atoms with van der Waals surface area (Å²) in [5.74, 6) is -0.0765. The van der Waals surface area contributed by atoms with Crippen LogP contribution in [0.25, 0.3) is 0 Å². The first-order valence-electron chi connectivity index (χ1n) is 8.68. The number of anilines is 1. The quantitative estimate of drug-likeness (QED) is 0.876. The Hall–Kier alpha value is -2.87. The molecule has 0 spiro atoms. The molecular formula is C19H19N3O4S. The zero-order valence-electron chi connectivity index (χ0n) is 14.8. The van der Waals surface area contributed by atoms with Crippen molar-refractivity contribution in [2.24, 2.45) is 0 Å². The molecule has 8 heteroatoms. The van der Waals surface area contributed by atoms with Crippen LogP contribution in [0, 0.1) is 0 Å². The van der Waals surface area contributed by atoms with Crippen molar-refractivity contribution in [1.82, 2.24) is 9.62 Å². The maximum Gasteiger partial charge on any atom is 0.332 e. The molecule has 1 saturated heterocycles. The second-order valence-electron chi connectivity index (χ2n) is 6.62. The molecule has 2 heterocycles. The Morgan fingerprint density at radius 1 is 1.15 bits per heavy atom. The smallest absolute Gasteiger partial charge is 0.332 e. The fourth-order valence-electron chi connectivity index (χ4n) is 3.67. The molecule has 3 amide bonds. The zero-order chi connectivity index (χ0) is 19.2. The molecule has 2 aliphatic heterocycles. The van der Waals surface area contributed by atoms with Crippen LogP contribution in [-0.4, -0.2) is 37.8 Å². The van der Waals surface area contributed by atoms with Crippen molar-refractivity contribution in [3.8, 4) is 0 Å². The Morgan fingerprint density at radius 2 is 1.89 bits per heavy atom. The minimum absolute atomic E-state index is 0.0598.